The van der Waals surface area contributed by atoms with Crippen molar-refractivity contribution in [3.63, 3.8) is 0 Å². The molecular weight excluding hydrogens is 242 g/mol. The zero-order valence-electron chi connectivity index (χ0n) is 11.0. The van der Waals surface area contributed by atoms with Crippen molar-refractivity contribution in [2.24, 2.45) is 5.73 Å². The predicted octanol–water partition coefficient (Wildman–Crippen LogP) is 0.621. The van der Waals surface area contributed by atoms with Gasteiger partial charge in [-0.1, -0.05) is 12.1 Å². The first-order valence-corrected chi connectivity index (χ1v) is 5.98. The summed E-state index contributed by atoms with van der Waals surface area (Å²) in [6.07, 6.45) is 3.12. The molecule has 6 nitrogen and oxygen atoms in total. The molecule has 0 spiro atoms. The third-order valence-electron chi connectivity index (χ3n) is 2.66. The molecule has 2 rings (SSSR count). The quantitative estimate of drug-likeness (QED) is 0.843. The Balaban J connectivity index is 1.98. The number of hydrogen-bond donors (Lipinski definition) is 2. The lowest BCUT2D eigenvalue weighted by molar-refractivity contribution is -0.125. The molecule has 1 aromatic carbocycles. The van der Waals surface area contributed by atoms with Crippen LogP contribution in [0.1, 0.15) is 19.4 Å². The molecule has 0 aliphatic carbocycles. The molecule has 19 heavy (non-hydrogen) atoms. The third kappa shape index (κ3) is 3.38. The highest BCUT2D eigenvalue weighted by Crippen LogP contribution is 2.08. The third-order valence-corrected chi connectivity index (χ3v) is 2.66. The summed E-state index contributed by atoms with van der Waals surface area (Å²) in [7, 11) is 0. The molecule has 100 valence electrons. The van der Waals surface area contributed by atoms with Crippen molar-refractivity contribution in [3.8, 4) is 5.69 Å². The van der Waals surface area contributed by atoms with E-state index in [2.05, 4.69) is 15.4 Å². The molecule has 1 amide bonds. The predicted molar refractivity (Wildman–Crippen MR) is 71.5 cm³/mol. The molecule has 0 aliphatic rings. The highest BCUT2D eigenvalue weighted by molar-refractivity contribution is 5.84. The second-order valence-corrected chi connectivity index (χ2v) is 4.91. The van der Waals surface area contributed by atoms with Crippen molar-refractivity contribution in [2.45, 2.75) is 25.9 Å². The maximum Gasteiger partial charge on any atom is 0.239 e. The molecule has 0 aliphatic heterocycles. The van der Waals surface area contributed by atoms with Crippen molar-refractivity contribution in [1.29, 1.82) is 0 Å². The minimum absolute atomic E-state index is 0.173. The molecule has 0 atom stereocenters. The smallest absolute Gasteiger partial charge is 0.239 e. The van der Waals surface area contributed by atoms with Crippen molar-refractivity contribution in [1.82, 2.24) is 20.1 Å². The number of nitrogens with two attached hydrogens (primary N) is 1. The number of nitrogens with zero attached hydrogens (tertiary/aromatic N) is 3. The minimum Gasteiger partial charge on any atom is -0.350 e. The van der Waals surface area contributed by atoms with Gasteiger partial charge in [-0.15, -0.1) is 0 Å². The van der Waals surface area contributed by atoms with E-state index in [1.165, 1.54) is 6.33 Å². The van der Waals surface area contributed by atoms with Gasteiger partial charge in [0.15, 0.2) is 0 Å². The molecule has 0 unspecified atom stereocenters. The van der Waals surface area contributed by atoms with Crippen LogP contribution in [0.3, 0.4) is 0 Å². The summed E-state index contributed by atoms with van der Waals surface area (Å²) >= 11 is 0. The number of amides is 1. The fraction of sp³-hybridized carbons (Fsp3) is 0.308. The molecule has 1 aromatic heterocycles. The number of carbonyl (C=O) groups is 1. The number of aromatic nitrogens is 3. The van der Waals surface area contributed by atoms with Crippen LogP contribution >= 0.6 is 0 Å². The van der Waals surface area contributed by atoms with E-state index >= 15 is 0 Å². The molecule has 0 saturated heterocycles. The molecule has 2 aromatic rings. The number of benzene rings is 1. The molecule has 1 heterocycles. The Labute approximate surface area is 111 Å². The van der Waals surface area contributed by atoms with E-state index in [1.54, 1.807) is 24.9 Å². The highest BCUT2D eigenvalue weighted by atomic mass is 16.2. The maximum absolute atomic E-state index is 11.6. The van der Waals surface area contributed by atoms with Gasteiger partial charge < -0.3 is 11.1 Å². The Hall–Kier alpha value is -2.21. The first-order valence-electron chi connectivity index (χ1n) is 5.98. The van der Waals surface area contributed by atoms with Crippen LogP contribution in [0.2, 0.25) is 0 Å². The molecule has 0 saturated carbocycles. The fourth-order valence-corrected chi connectivity index (χ4v) is 1.52. The molecular formula is C13H17N5O. The number of nitrogens with one attached hydrogen (secondary N) is 1. The molecule has 6 heteroatoms. The highest BCUT2D eigenvalue weighted by Gasteiger charge is 2.20. The first-order chi connectivity index (χ1) is 8.97. The van der Waals surface area contributed by atoms with Crippen molar-refractivity contribution in [3.05, 3.63) is 42.5 Å². The second-order valence-electron chi connectivity index (χ2n) is 4.91. The topological polar surface area (TPSA) is 85.8 Å². The average Bonchev–Trinajstić information content (AvgIpc) is 2.89. The summed E-state index contributed by atoms with van der Waals surface area (Å²) in [5.74, 6) is -0.173. The Bertz CT molecular complexity index is 539. The normalized spacial score (nSPS) is 11.3. The molecule has 0 bridgehead atoms. The van der Waals surface area contributed by atoms with E-state index in [-0.39, 0.29) is 5.91 Å². The summed E-state index contributed by atoms with van der Waals surface area (Å²) in [5, 5.41) is 6.84. The Morgan fingerprint density at radius 3 is 2.58 bits per heavy atom. The molecule has 0 fully saturated rings. The van der Waals surface area contributed by atoms with Gasteiger partial charge in [-0.2, -0.15) is 5.10 Å². The summed E-state index contributed by atoms with van der Waals surface area (Å²) in [6, 6.07) is 7.70. The standard InChI is InChI=1S/C13H17N5O/c1-13(2,14)12(19)16-7-10-3-5-11(6-4-10)18-9-15-8-17-18/h3-6,8-9H,7,14H2,1-2H3,(H,16,19). The van der Waals surface area contributed by atoms with Gasteiger partial charge in [0.1, 0.15) is 12.7 Å². The Morgan fingerprint density at radius 2 is 2.05 bits per heavy atom. The number of hydrogen-bond acceptors (Lipinski definition) is 4. The number of rotatable bonds is 4. The van der Waals surface area contributed by atoms with Crippen LogP contribution < -0.4 is 11.1 Å². The van der Waals surface area contributed by atoms with Gasteiger partial charge in [-0.3, -0.25) is 4.79 Å². The Kier molecular flexibility index (Phi) is 3.62. The van der Waals surface area contributed by atoms with Crippen LogP contribution in [0.5, 0.6) is 0 Å². The summed E-state index contributed by atoms with van der Waals surface area (Å²) in [6.45, 7) is 3.81. The minimum atomic E-state index is -0.860. The van der Waals surface area contributed by atoms with Crippen LogP contribution in [0.25, 0.3) is 5.69 Å². The van der Waals surface area contributed by atoms with Crippen LogP contribution in [0.4, 0.5) is 0 Å². The lowest BCUT2D eigenvalue weighted by Crippen LogP contribution is -2.48. The number of carbonyl (C=O) groups excluding carboxylic acids is 1. The van der Waals surface area contributed by atoms with Crippen molar-refractivity contribution < 1.29 is 4.79 Å². The van der Waals surface area contributed by atoms with Crippen molar-refractivity contribution >= 4 is 5.91 Å². The van der Waals surface area contributed by atoms with Crippen LogP contribution in [0.15, 0.2) is 36.9 Å². The lowest BCUT2D eigenvalue weighted by Gasteiger charge is -2.17. The zero-order chi connectivity index (χ0) is 13.9. The van der Waals surface area contributed by atoms with E-state index in [1.807, 2.05) is 24.3 Å². The van der Waals surface area contributed by atoms with E-state index in [9.17, 15) is 4.79 Å². The van der Waals surface area contributed by atoms with Gasteiger partial charge in [0.2, 0.25) is 5.91 Å². The van der Waals surface area contributed by atoms with Crippen molar-refractivity contribution in [2.75, 3.05) is 0 Å². The van der Waals surface area contributed by atoms with Gasteiger partial charge in [0.05, 0.1) is 11.2 Å². The van der Waals surface area contributed by atoms with Gasteiger partial charge in [-0.25, -0.2) is 9.67 Å². The monoisotopic (exact) mass is 259 g/mol. The SMILES string of the molecule is CC(C)(N)C(=O)NCc1ccc(-n2cncn2)cc1. The second kappa shape index (κ2) is 5.19. The molecule has 3 N–H and O–H groups in total. The lowest BCUT2D eigenvalue weighted by atomic mass is 10.1. The summed E-state index contributed by atoms with van der Waals surface area (Å²) < 4.78 is 1.67. The van der Waals surface area contributed by atoms with Crippen LogP contribution in [0, 0.1) is 0 Å². The van der Waals surface area contributed by atoms with E-state index in [4.69, 9.17) is 5.73 Å². The maximum atomic E-state index is 11.6. The van der Waals surface area contributed by atoms with Gasteiger partial charge in [0, 0.05) is 6.54 Å². The van der Waals surface area contributed by atoms with E-state index in [0.29, 0.717) is 6.54 Å². The average molecular weight is 259 g/mol. The van der Waals surface area contributed by atoms with E-state index in [0.717, 1.165) is 11.3 Å². The summed E-state index contributed by atoms with van der Waals surface area (Å²) in [5.41, 5.74) is 6.76. The Morgan fingerprint density at radius 1 is 1.37 bits per heavy atom. The van der Waals surface area contributed by atoms with Gasteiger partial charge in [0.25, 0.3) is 0 Å². The zero-order valence-corrected chi connectivity index (χ0v) is 11.0. The molecule has 0 radical (unpaired) electrons. The largest absolute Gasteiger partial charge is 0.350 e. The first kappa shape index (κ1) is 13.2. The summed E-state index contributed by atoms with van der Waals surface area (Å²) in [4.78, 5) is 15.5. The van der Waals surface area contributed by atoms with E-state index < -0.39 is 5.54 Å². The fourth-order valence-electron chi connectivity index (χ4n) is 1.52. The van der Waals surface area contributed by atoms with Gasteiger partial charge >= 0.3 is 0 Å². The van der Waals surface area contributed by atoms with Crippen LogP contribution in [-0.4, -0.2) is 26.2 Å². The van der Waals surface area contributed by atoms with Gasteiger partial charge in [-0.05, 0) is 31.5 Å². The van der Waals surface area contributed by atoms with Crippen LogP contribution in [-0.2, 0) is 11.3 Å².